The average Bonchev–Trinajstić information content (AvgIpc) is 2.91. The zero-order valence-corrected chi connectivity index (χ0v) is 17.3. The fourth-order valence-corrected chi connectivity index (χ4v) is 4.22. The van der Waals surface area contributed by atoms with Crippen LogP contribution in [0.1, 0.15) is 6.92 Å². The maximum atomic E-state index is 11.4. The molecule has 1 atom stereocenters. The van der Waals surface area contributed by atoms with E-state index in [2.05, 4.69) is 44.0 Å². The second kappa shape index (κ2) is 6.37. The van der Waals surface area contributed by atoms with E-state index in [0.717, 1.165) is 30.8 Å². The summed E-state index contributed by atoms with van der Waals surface area (Å²) >= 11 is 7.09. The molecule has 4 nitrogen and oxygen atoms in total. The number of pyridine rings is 1. The highest BCUT2D eigenvalue weighted by atomic mass is 79.9. The molecule has 26 heavy (non-hydrogen) atoms. The Labute approximate surface area is 167 Å². The van der Waals surface area contributed by atoms with Crippen molar-refractivity contribution in [3.05, 3.63) is 75.2 Å². The highest BCUT2D eigenvalue weighted by Gasteiger charge is 2.28. The van der Waals surface area contributed by atoms with Crippen molar-refractivity contribution in [3.8, 4) is 0 Å². The van der Waals surface area contributed by atoms with Crippen LogP contribution in [-0.4, -0.2) is 14.2 Å². The van der Waals surface area contributed by atoms with Gasteiger partial charge in [0, 0.05) is 25.9 Å². The molecule has 1 unspecified atom stereocenters. The molecule has 0 aliphatic rings. The molecule has 2 heterocycles. The number of nitrogens with zero attached hydrogens (tertiary/aromatic N) is 2. The molecule has 0 amide bonds. The van der Waals surface area contributed by atoms with Crippen LogP contribution in [-0.2, 0) is 12.3 Å². The van der Waals surface area contributed by atoms with Crippen LogP contribution in [0, 0.1) is 5.41 Å². The maximum absolute atomic E-state index is 11.4. The van der Waals surface area contributed by atoms with Crippen molar-refractivity contribution in [2.45, 2.75) is 19.2 Å². The number of halogens is 2. The van der Waals surface area contributed by atoms with Gasteiger partial charge in [-0.3, -0.25) is 5.41 Å². The molecular weight excluding hydrogens is 458 g/mol. The quantitative estimate of drug-likeness (QED) is 0.433. The molecule has 132 valence electrons. The van der Waals surface area contributed by atoms with Crippen molar-refractivity contribution in [1.82, 2.24) is 9.13 Å². The number of aromatic nitrogens is 2. The van der Waals surface area contributed by atoms with E-state index in [0.29, 0.717) is 5.49 Å². The molecule has 2 aromatic heterocycles. The Morgan fingerprint density at radius 2 is 1.54 bits per heavy atom. The normalized spacial score (nSPS) is 14.0. The molecule has 0 saturated carbocycles. The van der Waals surface area contributed by atoms with E-state index >= 15 is 0 Å². The number of fused-ring (bicyclic) bond motifs is 3. The number of rotatable bonds is 3. The third kappa shape index (κ3) is 2.92. The third-order valence-corrected chi connectivity index (χ3v) is 5.57. The molecule has 4 aromatic rings. The lowest BCUT2D eigenvalue weighted by Crippen LogP contribution is -2.37. The zero-order chi connectivity index (χ0) is 18.5. The van der Waals surface area contributed by atoms with Gasteiger partial charge in [0.25, 0.3) is 0 Å². The predicted molar refractivity (Wildman–Crippen MR) is 111 cm³/mol. The summed E-state index contributed by atoms with van der Waals surface area (Å²) in [6.45, 7) is 2.06. The molecule has 2 aromatic carbocycles. The van der Waals surface area contributed by atoms with Gasteiger partial charge in [-0.25, -0.2) is 0 Å². The van der Waals surface area contributed by atoms with Crippen LogP contribution in [0.4, 0.5) is 0 Å². The highest BCUT2D eigenvalue weighted by Crippen LogP contribution is 2.36. The lowest BCUT2D eigenvalue weighted by Gasteiger charge is -2.28. The molecule has 2 N–H and O–H groups in total. The first-order valence-corrected chi connectivity index (χ1v) is 9.77. The molecule has 0 radical (unpaired) electrons. The predicted octanol–water partition coefficient (Wildman–Crippen LogP) is 4.97. The van der Waals surface area contributed by atoms with Crippen molar-refractivity contribution in [2.75, 3.05) is 0 Å². The Kier molecular flexibility index (Phi) is 4.29. The molecular formula is C20H17Br2N3O. The standard InChI is InChI=1S/C20H17Br2N3O/c1-20(26,12-24-9-3-2-4-19(24)23)25-17-7-5-13(21)10-15(17)16-11-14(22)6-8-18(16)25/h2-11,23,26H,12H2,1H3. The molecule has 0 saturated heterocycles. The summed E-state index contributed by atoms with van der Waals surface area (Å²) < 4.78 is 5.69. The van der Waals surface area contributed by atoms with Crippen molar-refractivity contribution in [3.63, 3.8) is 0 Å². The second-order valence-electron chi connectivity index (χ2n) is 6.59. The van der Waals surface area contributed by atoms with Crippen LogP contribution < -0.4 is 5.49 Å². The summed E-state index contributed by atoms with van der Waals surface area (Å²) in [6.07, 6.45) is 1.82. The Hall–Kier alpha value is -1.89. The van der Waals surface area contributed by atoms with Crippen molar-refractivity contribution >= 4 is 53.7 Å². The van der Waals surface area contributed by atoms with E-state index in [1.54, 1.807) is 17.6 Å². The van der Waals surface area contributed by atoms with Gasteiger partial charge in [0.05, 0.1) is 17.6 Å². The molecule has 6 heteroatoms. The van der Waals surface area contributed by atoms with E-state index < -0.39 is 5.72 Å². The van der Waals surface area contributed by atoms with Gasteiger partial charge in [-0.2, -0.15) is 0 Å². The van der Waals surface area contributed by atoms with Gasteiger partial charge >= 0.3 is 0 Å². The van der Waals surface area contributed by atoms with Gasteiger partial charge in [-0.1, -0.05) is 37.9 Å². The van der Waals surface area contributed by atoms with Crippen LogP contribution in [0.25, 0.3) is 21.8 Å². The number of aliphatic hydroxyl groups is 1. The maximum Gasteiger partial charge on any atom is 0.157 e. The van der Waals surface area contributed by atoms with Gasteiger partial charge < -0.3 is 14.2 Å². The Bertz CT molecular complexity index is 1130. The number of hydrogen-bond donors (Lipinski definition) is 2. The Morgan fingerprint density at radius 1 is 0.962 bits per heavy atom. The van der Waals surface area contributed by atoms with Crippen molar-refractivity contribution in [2.24, 2.45) is 0 Å². The summed E-state index contributed by atoms with van der Waals surface area (Å²) in [4.78, 5) is 0. The minimum Gasteiger partial charge on any atom is -0.369 e. The summed E-state index contributed by atoms with van der Waals surface area (Å²) in [6, 6.07) is 17.5. The van der Waals surface area contributed by atoms with E-state index in [1.165, 1.54) is 0 Å². The minimum atomic E-state index is -1.20. The fourth-order valence-electron chi connectivity index (χ4n) is 3.49. The monoisotopic (exact) mass is 473 g/mol. The summed E-state index contributed by atoms with van der Waals surface area (Å²) in [5, 5.41) is 21.7. The second-order valence-corrected chi connectivity index (χ2v) is 8.42. The molecule has 4 rings (SSSR count). The Morgan fingerprint density at radius 3 is 2.08 bits per heavy atom. The molecule has 0 spiro atoms. The largest absolute Gasteiger partial charge is 0.369 e. The van der Waals surface area contributed by atoms with Gasteiger partial charge in [0.2, 0.25) is 0 Å². The van der Waals surface area contributed by atoms with Gasteiger partial charge in [-0.05, 0) is 55.5 Å². The molecule has 0 aliphatic carbocycles. The van der Waals surface area contributed by atoms with Crippen LogP contribution in [0.3, 0.4) is 0 Å². The van der Waals surface area contributed by atoms with E-state index in [1.807, 2.05) is 47.2 Å². The van der Waals surface area contributed by atoms with Crippen molar-refractivity contribution < 1.29 is 5.11 Å². The highest BCUT2D eigenvalue weighted by molar-refractivity contribution is 9.10. The van der Waals surface area contributed by atoms with E-state index in [-0.39, 0.29) is 6.54 Å². The molecule has 0 fully saturated rings. The first-order chi connectivity index (χ1) is 12.4. The summed E-state index contributed by atoms with van der Waals surface area (Å²) in [5.74, 6) is 0. The zero-order valence-electron chi connectivity index (χ0n) is 14.1. The van der Waals surface area contributed by atoms with Crippen molar-refractivity contribution in [1.29, 1.82) is 5.41 Å². The lowest BCUT2D eigenvalue weighted by molar-refractivity contribution is -0.0280. The van der Waals surface area contributed by atoms with E-state index in [4.69, 9.17) is 5.41 Å². The average molecular weight is 475 g/mol. The third-order valence-electron chi connectivity index (χ3n) is 4.58. The van der Waals surface area contributed by atoms with Gasteiger partial charge in [0.1, 0.15) is 5.49 Å². The summed E-state index contributed by atoms with van der Waals surface area (Å²) in [5.41, 5.74) is 1.06. The number of hydrogen-bond acceptors (Lipinski definition) is 2. The SMILES string of the molecule is CC(O)(Cn1ccccc1=N)n1c2ccc(Br)cc2c2cc(Br)ccc21. The number of benzene rings is 2. The van der Waals surface area contributed by atoms with Crippen LogP contribution >= 0.6 is 31.9 Å². The minimum absolute atomic E-state index is 0.275. The molecule has 0 bridgehead atoms. The summed E-state index contributed by atoms with van der Waals surface area (Å²) in [7, 11) is 0. The van der Waals surface area contributed by atoms with Gasteiger partial charge in [-0.15, -0.1) is 0 Å². The fraction of sp³-hybridized carbons (Fsp3) is 0.150. The first kappa shape index (κ1) is 17.5. The van der Waals surface area contributed by atoms with Crippen LogP contribution in [0.2, 0.25) is 0 Å². The number of nitrogens with one attached hydrogen (secondary N) is 1. The van der Waals surface area contributed by atoms with Crippen LogP contribution in [0.5, 0.6) is 0 Å². The first-order valence-electron chi connectivity index (χ1n) is 8.19. The lowest BCUT2D eigenvalue weighted by atomic mass is 10.2. The van der Waals surface area contributed by atoms with Gasteiger partial charge in [0.15, 0.2) is 5.72 Å². The topological polar surface area (TPSA) is 53.9 Å². The molecule has 0 aliphatic heterocycles. The van der Waals surface area contributed by atoms with E-state index in [9.17, 15) is 5.11 Å². The van der Waals surface area contributed by atoms with Crippen LogP contribution in [0.15, 0.2) is 69.7 Å². The Balaban J connectivity index is 2.00. The smallest absolute Gasteiger partial charge is 0.157 e.